The van der Waals surface area contributed by atoms with Crippen LogP contribution in [-0.4, -0.2) is 40.5 Å². The lowest BCUT2D eigenvalue weighted by molar-refractivity contribution is -0.140. The maximum atomic E-state index is 12.2. The van der Waals surface area contributed by atoms with Crippen LogP contribution in [0, 0.1) is 0 Å². The Labute approximate surface area is 118 Å². The van der Waals surface area contributed by atoms with Gasteiger partial charge in [0, 0.05) is 26.3 Å². The van der Waals surface area contributed by atoms with Crippen molar-refractivity contribution in [2.45, 2.75) is 32.3 Å². The van der Waals surface area contributed by atoms with Crippen LogP contribution < -0.4 is 5.73 Å². The molecule has 1 aromatic rings. The topological polar surface area (TPSA) is 77.6 Å². The Hall–Kier alpha value is -1.98. The van der Waals surface area contributed by atoms with E-state index in [0.717, 1.165) is 32.4 Å². The number of amides is 1. The van der Waals surface area contributed by atoms with Gasteiger partial charge >= 0.3 is 5.97 Å². The largest absolute Gasteiger partial charge is 0.448 e. The number of ether oxygens (including phenoxy) is 1. The zero-order chi connectivity index (χ0) is 14.7. The Bertz CT molecular complexity index is 504. The van der Waals surface area contributed by atoms with E-state index < -0.39 is 12.1 Å². The van der Waals surface area contributed by atoms with Gasteiger partial charge in [-0.1, -0.05) is 0 Å². The lowest BCUT2D eigenvalue weighted by atomic mass is 10.1. The van der Waals surface area contributed by atoms with E-state index in [2.05, 4.69) is 0 Å². The van der Waals surface area contributed by atoms with E-state index in [9.17, 15) is 9.59 Å². The first-order valence-corrected chi connectivity index (χ1v) is 6.90. The van der Waals surface area contributed by atoms with Crippen molar-refractivity contribution in [3.05, 3.63) is 18.0 Å². The molecule has 1 saturated heterocycles. The molecule has 2 heterocycles. The average molecular weight is 279 g/mol. The number of carbonyl (C=O) groups is 2. The third-order valence-electron chi connectivity index (χ3n) is 3.53. The van der Waals surface area contributed by atoms with Crippen molar-refractivity contribution in [3.8, 4) is 0 Å². The molecule has 1 unspecified atom stereocenters. The predicted octanol–water partition coefficient (Wildman–Crippen LogP) is 1.17. The van der Waals surface area contributed by atoms with Crippen molar-refractivity contribution in [1.29, 1.82) is 0 Å². The fourth-order valence-electron chi connectivity index (χ4n) is 2.44. The maximum absolute atomic E-state index is 12.2. The second kappa shape index (κ2) is 5.98. The van der Waals surface area contributed by atoms with Crippen molar-refractivity contribution in [1.82, 2.24) is 9.47 Å². The molecule has 0 aromatic carbocycles. The first-order valence-electron chi connectivity index (χ1n) is 6.90. The minimum atomic E-state index is -0.767. The maximum Gasteiger partial charge on any atom is 0.355 e. The van der Waals surface area contributed by atoms with Crippen LogP contribution in [-0.2, 0) is 16.6 Å². The molecule has 0 saturated carbocycles. The van der Waals surface area contributed by atoms with Crippen LogP contribution in [0.25, 0.3) is 0 Å². The fourth-order valence-corrected chi connectivity index (χ4v) is 2.44. The highest BCUT2D eigenvalue weighted by Gasteiger charge is 2.26. The van der Waals surface area contributed by atoms with E-state index in [1.807, 2.05) is 0 Å². The molecule has 0 aliphatic carbocycles. The number of nitrogens with zero attached hydrogens (tertiary/aromatic N) is 2. The number of nitrogens with two attached hydrogens (primary N) is 1. The first kappa shape index (κ1) is 14.4. The number of anilines is 1. The van der Waals surface area contributed by atoms with Crippen LogP contribution in [0.15, 0.2) is 12.3 Å². The van der Waals surface area contributed by atoms with Gasteiger partial charge in [0.2, 0.25) is 0 Å². The normalized spacial score (nSPS) is 16.8. The van der Waals surface area contributed by atoms with Crippen molar-refractivity contribution in [3.63, 3.8) is 0 Å². The molecule has 2 N–H and O–H groups in total. The van der Waals surface area contributed by atoms with Gasteiger partial charge in [-0.15, -0.1) is 0 Å². The molecule has 1 atom stereocenters. The molecule has 20 heavy (non-hydrogen) atoms. The Morgan fingerprint density at radius 1 is 1.30 bits per heavy atom. The predicted molar refractivity (Wildman–Crippen MR) is 75.1 cm³/mol. The summed E-state index contributed by atoms with van der Waals surface area (Å²) in [5.41, 5.74) is 6.46. The molecule has 1 aromatic heterocycles. The van der Waals surface area contributed by atoms with Crippen LogP contribution in [0.5, 0.6) is 0 Å². The van der Waals surface area contributed by atoms with Crippen LogP contribution in [0.4, 0.5) is 5.69 Å². The zero-order valence-electron chi connectivity index (χ0n) is 12.0. The van der Waals surface area contributed by atoms with E-state index >= 15 is 0 Å². The summed E-state index contributed by atoms with van der Waals surface area (Å²) in [4.78, 5) is 25.9. The number of esters is 1. The van der Waals surface area contributed by atoms with Gasteiger partial charge in [-0.2, -0.15) is 0 Å². The van der Waals surface area contributed by atoms with Gasteiger partial charge in [0.1, 0.15) is 5.69 Å². The van der Waals surface area contributed by atoms with Crippen molar-refractivity contribution in [2.75, 3.05) is 18.8 Å². The van der Waals surface area contributed by atoms with Crippen molar-refractivity contribution < 1.29 is 14.3 Å². The van der Waals surface area contributed by atoms with Crippen LogP contribution >= 0.6 is 0 Å². The third kappa shape index (κ3) is 3.12. The number of hydrogen-bond donors (Lipinski definition) is 1. The van der Waals surface area contributed by atoms with Gasteiger partial charge in [0.05, 0.1) is 5.69 Å². The number of aryl methyl sites for hydroxylation is 1. The quantitative estimate of drug-likeness (QED) is 0.842. The molecule has 1 aliphatic heterocycles. The van der Waals surface area contributed by atoms with Gasteiger partial charge in [0.25, 0.3) is 5.91 Å². The Morgan fingerprint density at radius 3 is 2.50 bits per heavy atom. The van der Waals surface area contributed by atoms with Gasteiger partial charge in [-0.05, 0) is 32.3 Å². The molecular formula is C14H21N3O3. The molecule has 1 aliphatic rings. The van der Waals surface area contributed by atoms with E-state index in [0.29, 0.717) is 11.4 Å². The zero-order valence-corrected chi connectivity index (χ0v) is 12.0. The molecular weight excluding hydrogens is 258 g/mol. The Kier molecular flexibility index (Phi) is 4.32. The summed E-state index contributed by atoms with van der Waals surface area (Å²) in [6, 6.07) is 1.54. The second-order valence-corrected chi connectivity index (χ2v) is 5.20. The summed E-state index contributed by atoms with van der Waals surface area (Å²) in [5.74, 6) is -0.651. The number of carbonyl (C=O) groups excluding carboxylic acids is 2. The van der Waals surface area contributed by atoms with Crippen molar-refractivity contribution in [2.24, 2.45) is 7.05 Å². The molecule has 2 rings (SSSR count). The summed E-state index contributed by atoms with van der Waals surface area (Å²) in [6.45, 7) is 3.11. The number of aromatic nitrogens is 1. The number of piperidine rings is 1. The average Bonchev–Trinajstić information content (AvgIpc) is 2.78. The lowest BCUT2D eigenvalue weighted by Gasteiger charge is -2.28. The van der Waals surface area contributed by atoms with Gasteiger partial charge in [-0.3, -0.25) is 4.79 Å². The van der Waals surface area contributed by atoms with E-state index in [-0.39, 0.29) is 5.91 Å². The Morgan fingerprint density at radius 2 is 1.95 bits per heavy atom. The summed E-state index contributed by atoms with van der Waals surface area (Å²) in [7, 11) is 1.71. The van der Waals surface area contributed by atoms with Crippen molar-refractivity contribution >= 4 is 17.6 Å². The minimum Gasteiger partial charge on any atom is -0.448 e. The second-order valence-electron chi connectivity index (χ2n) is 5.20. The highest BCUT2D eigenvalue weighted by Crippen LogP contribution is 2.14. The molecule has 0 radical (unpaired) electrons. The van der Waals surface area contributed by atoms with Crippen LogP contribution in [0.1, 0.15) is 36.7 Å². The van der Waals surface area contributed by atoms with Gasteiger partial charge in [-0.25, -0.2) is 4.79 Å². The lowest BCUT2D eigenvalue weighted by Crippen LogP contribution is -2.42. The Balaban J connectivity index is 1.96. The summed E-state index contributed by atoms with van der Waals surface area (Å²) in [5, 5.41) is 0. The standard InChI is InChI=1S/C14H21N3O3/c1-10(13(18)17-6-4-3-5-7-17)20-14(19)12-8-11(15)9-16(12)2/h8-10H,3-7,15H2,1-2H3. The highest BCUT2D eigenvalue weighted by atomic mass is 16.5. The van der Waals surface area contributed by atoms with E-state index in [4.69, 9.17) is 10.5 Å². The molecule has 110 valence electrons. The third-order valence-corrected chi connectivity index (χ3v) is 3.53. The van der Waals surface area contributed by atoms with Crippen LogP contribution in [0.3, 0.4) is 0 Å². The minimum absolute atomic E-state index is 0.125. The smallest absolute Gasteiger partial charge is 0.355 e. The van der Waals surface area contributed by atoms with Gasteiger partial charge in [0.15, 0.2) is 6.10 Å². The molecule has 1 amide bonds. The molecule has 0 bridgehead atoms. The molecule has 1 fully saturated rings. The highest BCUT2D eigenvalue weighted by molar-refractivity contribution is 5.91. The summed E-state index contributed by atoms with van der Waals surface area (Å²) < 4.78 is 6.83. The molecule has 0 spiro atoms. The number of rotatable bonds is 3. The van der Waals surface area contributed by atoms with E-state index in [1.54, 1.807) is 35.7 Å². The first-order chi connectivity index (χ1) is 9.49. The fraction of sp³-hybridized carbons (Fsp3) is 0.571. The number of nitrogen functional groups attached to an aromatic ring is 1. The van der Waals surface area contributed by atoms with E-state index in [1.165, 1.54) is 0 Å². The monoisotopic (exact) mass is 279 g/mol. The SMILES string of the molecule is CC(OC(=O)c1cc(N)cn1C)C(=O)N1CCCCC1. The summed E-state index contributed by atoms with van der Waals surface area (Å²) in [6.07, 6.45) is 4.05. The van der Waals surface area contributed by atoms with Crippen LogP contribution in [0.2, 0.25) is 0 Å². The molecule has 6 heteroatoms. The molecule has 6 nitrogen and oxygen atoms in total. The number of likely N-dealkylation sites (tertiary alicyclic amines) is 1. The summed E-state index contributed by atoms with van der Waals surface area (Å²) >= 11 is 0. The number of hydrogen-bond acceptors (Lipinski definition) is 4. The van der Waals surface area contributed by atoms with Gasteiger partial charge < -0.3 is 19.9 Å².